The number of carbonyl (C=O) groups is 1. The van der Waals surface area contributed by atoms with Crippen molar-refractivity contribution in [3.63, 3.8) is 0 Å². The number of primary amides is 1. The maximum atomic E-state index is 12.3. The van der Waals surface area contributed by atoms with Gasteiger partial charge >= 0.3 is 0 Å². The summed E-state index contributed by atoms with van der Waals surface area (Å²) in [6.07, 6.45) is 0.846. The van der Waals surface area contributed by atoms with E-state index in [-0.39, 0.29) is 11.9 Å². The van der Waals surface area contributed by atoms with Crippen LogP contribution in [0.1, 0.15) is 28.3 Å². The molecule has 100 valence electrons. The van der Waals surface area contributed by atoms with Gasteiger partial charge in [-0.05, 0) is 40.8 Å². The second-order valence-electron chi connectivity index (χ2n) is 5.40. The first-order chi connectivity index (χ1) is 9.63. The van der Waals surface area contributed by atoms with E-state index >= 15 is 0 Å². The highest BCUT2D eigenvalue weighted by Crippen LogP contribution is 2.48. The molecule has 2 aromatic rings. The van der Waals surface area contributed by atoms with Crippen LogP contribution >= 0.6 is 11.6 Å². The summed E-state index contributed by atoms with van der Waals surface area (Å²) in [5.41, 5.74) is 9.00. The van der Waals surface area contributed by atoms with E-state index in [2.05, 4.69) is 11.4 Å². The molecule has 0 aliphatic carbocycles. The Labute approximate surface area is 121 Å². The highest BCUT2D eigenvalue weighted by atomic mass is 35.5. The summed E-state index contributed by atoms with van der Waals surface area (Å²) in [5.74, 6) is -0.365. The molecule has 2 aliphatic heterocycles. The summed E-state index contributed by atoms with van der Waals surface area (Å²) in [6, 6.07) is 13.7. The van der Waals surface area contributed by atoms with E-state index in [0.29, 0.717) is 5.02 Å². The molecule has 3 N–H and O–H groups in total. The molecule has 0 saturated heterocycles. The van der Waals surface area contributed by atoms with Gasteiger partial charge in [-0.15, -0.1) is 0 Å². The zero-order valence-electron chi connectivity index (χ0n) is 10.7. The van der Waals surface area contributed by atoms with Crippen molar-refractivity contribution in [1.29, 1.82) is 0 Å². The first-order valence-electron chi connectivity index (χ1n) is 6.59. The zero-order valence-corrected chi connectivity index (χ0v) is 11.4. The Morgan fingerprint density at radius 2 is 2.05 bits per heavy atom. The van der Waals surface area contributed by atoms with Gasteiger partial charge in [0.2, 0.25) is 5.91 Å². The third kappa shape index (κ3) is 1.31. The van der Waals surface area contributed by atoms with Gasteiger partial charge in [0.15, 0.2) is 0 Å². The number of amides is 1. The number of benzene rings is 2. The fraction of sp³-hybridized carbons (Fsp3) is 0.188. The fourth-order valence-electron chi connectivity index (χ4n) is 3.58. The van der Waals surface area contributed by atoms with Crippen molar-refractivity contribution in [3.05, 3.63) is 69.7 Å². The second kappa shape index (κ2) is 3.84. The summed E-state index contributed by atoms with van der Waals surface area (Å²) >= 11 is 6.11. The van der Waals surface area contributed by atoms with Crippen molar-refractivity contribution in [2.24, 2.45) is 5.73 Å². The van der Waals surface area contributed by atoms with Crippen LogP contribution in [0.2, 0.25) is 5.02 Å². The SMILES string of the molecule is NC(=O)C12NC(Cc3ccccc31)c1cc(Cl)ccc12. The number of nitrogens with one attached hydrogen (secondary N) is 1. The van der Waals surface area contributed by atoms with Crippen LogP contribution < -0.4 is 11.1 Å². The summed E-state index contributed by atoms with van der Waals surface area (Å²) in [5, 5.41) is 4.10. The summed E-state index contributed by atoms with van der Waals surface area (Å²) in [6.45, 7) is 0. The van der Waals surface area contributed by atoms with Gasteiger partial charge in [-0.3, -0.25) is 10.1 Å². The minimum absolute atomic E-state index is 0.0890. The first kappa shape index (κ1) is 11.9. The van der Waals surface area contributed by atoms with Gasteiger partial charge < -0.3 is 5.73 Å². The van der Waals surface area contributed by atoms with E-state index in [4.69, 9.17) is 17.3 Å². The standard InChI is InChI=1S/C16H13ClN2O/c17-10-5-6-13-11(8-10)14-7-9-3-1-2-4-12(9)16(13,19-14)15(18)20/h1-6,8,14,19H,7H2,(H2,18,20). The normalized spacial score (nSPS) is 25.9. The lowest BCUT2D eigenvalue weighted by Gasteiger charge is -2.34. The van der Waals surface area contributed by atoms with Crippen LogP contribution in [-0.4, -0.2) is 5.91 Å². The zero-order chi connectivity index (χ0) is 13.9. The first-order valence-corrected chi connectivity index (χ1v) is 6.96. The van der Waals surface area contributed by atoms with E-state index in [1.165, 1.54) is 5.56 Å². The highest BCUT2D eigenvalue weighted by Gasteiger charge is 2.52. The van der Waals surface area contributed by atoms with Gasteiger partial charge in [0.1, 0.15) is 5.54 Å². The highest BCUT2D eigenvalue weighted by molar-refractivity contribution is 6.30. The minimum atomic E-state index is -0.917. The Kier molecular flexibility index (Phi) is 2.29. The van der Waals surface area contributed by atoms with Crippen LogP contribution in [0.4, 0.5) is 0 Å². The summed E-state index contributed by atoms with van der Waals surface area (Å²) in [4.78, 5) is 12.3. The molecule has 0 spiro atoms. The number of hydrogen-bond acceptors (Lipinski definition) is 2. The van der Waals surface area contributed by atoms with E-state index in [1.54, 1.807) is 0 Å². The molecule has 2 heterocycles. The molecule has 0 radical (unpaired) electrons. The van der Waals surface area contributed by atoms with Gasteiger partial charge in [0.25, 0.3) is 0 Å². The minimum Gasteiger partial charge on any atom is -0.367 e. The number of hydrogen-bond donors (Lipinski definition) is 2. The van der Waals surface area contributed by atoms with Gasteiger partial charge in [-0.1, -0.05) is 41.9 Å². The van der Waals surface area contributed by atoms with Crippen LogP contribution in [0.15, 0.2) is 42.5 Å². The van der Waals surface area contributed by atoms with Crippen LogP contribution in [-0.2, 0) is 16.8 Å². The molecular formula is C16H13ClN2O. The molecule has 4 heteroatoms. The number of carbonyl (C=O) groups excluding carboxylic acids is 1. The molecule has 0 fully saturated rings. The van der Waals surface area contributed by atoms with Crippen LogP contribution in [0.3, 0.4) is 0 Å². The Bertz CT molecular complexity index is 743. The average Bonchev–Trinajstić information content (AvgIpc) is 2.70. The number of rotatable bonds is 1. The molecule has 2 aliphatic rings. The molecule has 20 heavy (non-hydrogen) atoms. The lowest BCUT2D eigenvalue weighted by Crippen LogP contribution is -2.53. The monoisotopic (exact) mass is 284 g/mol. The van der Waals surface area contributed by atoms with Crippen molar-refractivity contribution in [3.8, 4) is 0 Å². The van der Waals surface area contributed by atoms with E-state index < -0.39 is 5.54 Å². The predicted octanol–water partition coefficient (Wildman–Crippen LogP) is 2.27. The van der Waals surface area contributed by atoms with Crippen molar-refractivity contribution in [2.75, 3.05) is 0 Å². The summed E-state index contributed by atoms with van der Waals surface area (Å²) in [7, 11) is 0. The van der Waals surface area contributed by atoms with Crippen molar-refractivity contribution in [1.82, 2.24) is 5.32 Å². The third-order valence-electron chi connectivity index (χ3n) is 4.40. The lowest BCUT2D eigenvalue weighted by molar-refractivity contribution is -0.123. The average molecular weight is 285 g/mol. The van der Waals surface area contributed by atoms with Gasteiger partial charge in [0.05, 0.1) is 0 Å². The van der Waals surface area contributed by atoms with E-state index in [0.717, 1.165) is 23.1 Å². The molecule has 3 nitrogen and oxygen atoms in total. The molecule has 4 rings (SSSR count). The van der Waals surface area contributed by atoms with Gasteiger partial charge in [-0.2, -0.15) is 0 Å². The van der Waals surface area contributed by atoms with E-state index in [1.807, 2.05) is 36.4 Å². The smallest absolute Gasteiger partial charge is 0.247 e. The largest absolute Gasteiger partial charge is 0.367 e. The Morgan fingerprint density at radius 1 is 1.25 bits per heavy atom. The fourth-order valence-corrected chi connectivity index (χ4v) is 3.77. The molecule has 1 amide bonds. The molecule has 2 atom stereocenters. The van der Waals surface area contributed by atoms with E-state index in [9.17, 15) is 4.79 Å². The quantitative estimate of drug-likeness (QED) is 0.844. The molecular weight excluding hydrogens is 272 g/mol. The molecule has 2 unspecified atom stereocenters. The number of halogens is 1. The molecule has 0 saturated carbocycles. The maximum Gasteiger partial charge on any atom is 0.247 e. The molecule has 2 bridgehead atoms. The summed E-state index contributed by atoms with van der Waals surface area (Å²) < 4.78 is 0. The Balaban J connectivity index is 2.08. The van der Waals surface area contributed by atoms with Gasteiger partial charge in [0, 0.05) is 11.1 Å². The van der Waals surface area contributed by atoms with Crippen LogP contribution in [0.5, 0.6) is 0 Å². The van der Waals surface area contributed by atoms with Crippen LogP contribution in [0.25, 0.3) is 0 Å². The second-order valence-corrected chi connectivity index (χ2v) is 5.84. The topological polar surface area (TPSA) is 55.1 Å². The third-order valence-corrected chi connectivity index (χ3v) is 4.63. The van der Waals surface area contributed by atoms with Crippen molar-refractivity contribution in [2.45, 2.75) is 18.0 Å². The van der Waals surface area contributed by atoms with Crippen molar-refractivity contribution < 1.29 is 4.79 Å². The van der Waals surface area contributed by atoms with Crippen LogP contribution in [0, 0.1) is 0 Å². The lowest BCUT2D eigenvalue weighted by atomic mass is 9.80. The number of fused-ring (bicyclic) bond motifs is 7. The van der Waals surface area contributed by atoms with Gasteiger partial charge in [-0.25, -0.2) is 0 Å². The molecule has 2 aromatic carbocycles. The predicted molar refractivity (Wildman–Crippen MR) is 77.4 cm³/mol. The molecule has 0 aromatic heterocycles. The Hall–Kier alpha value is -1.84. The van der Waals surface area contributed by atoms with Crippen molar-refractivity contribution >= 4 is 17.5 Å². The number of nitrogens with two attached hydrogens (primary N) is 1. The Morgan fingerprint density at radius 3 is 2.85 bits per heavy atom. The maximum absolute atomic E-state index is 12.3.